The quantitative estimate of drug-likeness (QED) is 0.659. The first-order chi connectivity index (χ1) is 11.2. The first kappa shape index (κ1) is 15.7. The summed E-state index contributed by atoms with van der Waals surface area (Å²) < 4.78 is 2.80. The van der Waals surface area contributed by atoms with Gasteiger partial charge in [0, 0.05) is 16.6 Å². The van der Waals surface area contributed by atoms with E-state index < -0.39 is 0 Å². The van der Waals surface area contributed by atoms with Crippen LogP contribution in [0.15, 0.2) is 63.9 Å². The van der Waals surface area contributed by atoms with E-state index in [0.29, 0.717) is 12.4 Å². The van der Waals surface area contributed by atoms with Crippen LogP contribution in [0, 0.1) is 0 Å². The van der Waals surface area contributed by atoms with Crippen molar-refractivity contribution in [2.75, 3.05) is 5.32 Å². The molecule has 3 rings (SSSR count). The van der Waals surface area contributed by atoms with Gasteiger partial charge in [0.15, 0.2) is 0 Å². The largest absolute Gasteiger partial charge is 0.307 e. The number of thiophene rings is 1. The Balaban J connectivity index is 1.66. The van der Waals surface area contributed by atoms with Crippen molar-refractivity contribution in [3.63, 3.8) is 0 Å². The summed E-state index contributed by atoms with van der Waals surface area (Å²) in [4.78, 5) is 12.0. The molecular formula is C17H14BrN3OS. The fourth-order valence-electron chi connectivity index (χ4n) is 2.04. The molecule has 0 fully saturated rings. The lowest BCUT2D eigenvalue weighted by molar-refractivity contribution is -0.111. The highest BCUT2D eigenvalue weighted by atomic mass is 79.9. The van der Waals surface area contributed by atoms with Gasteiger partial charge in [-0.25, -0.2) is 4.68 Å². The van der Waals surface area contributed by atoms with Gasteiger partial charge in [-0.1, -0.05) is 28.1 Å². The Kier molecular flexibility index (Phi) is 5.05. The van der Waals surface area contributed by atoms with Crippen molar-refractivity contribution in [1.82, 2.24) is 9.78 Å². The molecule has 0 spiro atoms. The molecule has 23 heavy (non-hydrogen) atoms. The molecule has 2 aromatic heterocycles. The highest BCUT2D eigenvalue weighted by molar-refractivity contribution is 9.10. The number of carbonyl (C=O) groups is 1. The van der Waals surface area contributed by atoms with Gasteiger partial charge in [0.05, 0.1) is 12.7 Å². The number of anilines is 1. The Labute approximate surface area is 146 Å². The van der Waals surface area contributed by atoms with Gasteiger partial charge in [0.25, 0.3) is 0 Å². The molecule has 0 bridgehead atoms. The fourth-order valence-corrected chi connectivity index (χ4v) is 2.93. The number of halogens is 1. The Morgan fingerprint density at radius 1 is 1.26 bits per heavy atom. The fraction of sp³-hybridized carbons (Fsp3) is 0.0588. The molecule has 0 aliphatic heterocycles. The average molecular weight is 388 g/mol. The van der Waals surface area contributed by atoms with E-state index in [1.807, 2.05) is 41.1 Å². The van der Waals surface area contributed by atoms with E-state index >= 15 is 0 Å². The van der Waals surface area contributed by atoms with Crippen LogP contribution in [-0.4, -0.2) is 15.7 Å². The van der Waals surface area contributed by atoms with Crippen molar-refractivity contribution < 1.29 is 4.79 Å². The molecule has 1 N–H and O–H groups in total. The van der Waals surface area contributed by atoms with Gasteiger partial charge in [-0.15, -0.1) is 0 Å². The van der Waals surface area contributed by atoms with Gasteiger partial charge in [-0.2, -0.15) is 16.4 Å². The minimum atomic E-state index is -0.172. The SMILES string of the molecule is O=C(/C=C/c1ccsc1)Nc1ccnn1Cc1ccc(Br)cc1. The smallest absolute Gasteiger partial charge is 0.249 e. The Morgan fingerprint density at radius 3 is 2.83 bits per heavy atom. The number of nitrogens with one attached hydrogen (secondary N) is 1. The highest BCUT2D eigenvalue weighted by Gasteiger charge is 2.06. The second-order valence-electron chi connectivity index (χ2n) is 4.88. The molecule has 6 heteroatoms. The van der Waals surface area contributed by atoms with Crippen molar-refractivity contribution in [3.05, 3.63) is 75.0 Å². The highest BCUT2D eigenvalue weighted by Crippen LogP contribution is 2.14. The summed E-state index contributed by atoms with van der Waals surface area (Å²) in [6, 6.07) is 11.8. The molecule has 0 atom stereocenters. The van der Waals surface area contributed by atoms with Crippen LogP contribution in [0.4, 0.5) is 5.82 Å². The summed E-state index contributed by atoms with van der Waals surface area (Å²) in [6.45, 7) is 0.601. The number of benzene rings is 1. The lowest BCUT2D eigenvalue weighted by Crippen LogP contribution is -2.13. The maximum atomic E-state index is 12.0. The first-order valence-corrected chi connectivity index (χ1v) is 8.72. The van der Waals surface area contributed by atoms with Crippen molar-refractivity contribution in [2.24, 2.45) is 0 Å². The Bertz CT molecular complexity index is 807. The molecule has 0 saturated carbocycles. The number of amides is 1. The summed E-state index contributed by atoms with van der Waals surface area (Å²) in [5.41, 5.74) is 2.13. The number of nitrogens with zero attached hydrogens (tertiary/aromatic N) is 2. The van der Waals surface area contributed by atoms with E-state index in [0.717, 1.165) is 15.6 Å². The predicted molar refractivity (Wildman–Crippen MR) is 97.5 cm³/mol. The predicted octanol–water partition coefficient (Wildman–Crippen LogP) is 4.41. The topological polar surface area (TPSA) is 46.9 Å². The first-order valence-electron chi connectivity index (χ1n) is 6.98. The monoisotopic (exact) mass is 387 g/mol. The van der Waals surface area contributed by atoms with E-state index in [4.69, 9.17) is 0 Å². The summed E-state index contributed by atoms with van der Waals surface area (Å²) in [5, 5.41) is 11.1. The molecule has 0 aliphatic carbocycles. The van der Waals surface area contributed by atoms with E-state index in [-0.39, 0.29) is 5.91 Å². The zero-order chi connectivity index (χ0) is 16.1. The number of hydrogen-bond acceptors (Lipinski definition) is 3. The molecule has 2 heterocycles. The Hall–Kier alpha value is -2.18. The van der Waals surface area contributed by atoms with Gasteiger partial charge in [0.1, 0.15) is 5.82 Å². The number of rotatable bonds is 5. The van der Waals surface area contributed by atoms with Gasteiger partial charge in [-0.3, -0.25) is 4.79 Å². The van der Waals surface area contributed by atoms with Gasteiger partial charge in [0.2, 0.25) is 5.91 Å². The van der Waals surface area contributed by atoms with Crippen molar-refractivity contribution >= 4 is 45.1 Å². The maximum absolute atomic E-state index is 12.0. The summed E-state index contributed by atoms with van der Waals surface area (Å²) in [6.07, 6.45) is 5.00. The summed E-state index contributed by atoms with van der Waals surface area (Å²) >= 11 is 5.02. The van der Waals surface area contributed by atoms with E-state index in [1.165, 1.54) is 6.08 Å². The van der Waals surface area contributed by atoms with Crippen LogP contribution in [0.1, 0.15) is 11.1 Å². The van der Waals surface area contributed by atoms with Gasteiger partial charge < -0.3 is 5.32 Å². The number of hydrogen-bond donors (Lipinski definition) is 1. The van der Waals surface area contributed by atoms with Crippen LogP contribution in [-0.2, 0) is 11.3 Å². The second kappa shape index (κ2) is 7.39. The minimum absolute atomic E-state index is 0.172. The van der Waals surface area contributed by atoms with Crippen LogP contribution in [0.5, 0.6) is 0 Å². The van der Waals surface area contributed by atoms with Crippen molar-refractivity contribution in [1.29, 1.82) is 0 Å². The van der Waals surface area contributed by atoms with Crippen LogP contribution in [0.3, 0.4) is 0 Å². The zero-order valence-corrected chi connectivity index (χ0v) is 14.5. The molecule has 0 radical (unpaired) electrons. The lowest BCUT2D eigenvalue weighted by Gasteiger charge is -2.08. The molecule has 0 unspecified atom stereocenters. The molecule has 0 aliphatic rings. The average Bonchev–Trinajstić information content (AvgIpc) is 3.20. The lowest BCUT2D eigenvalue weighted by atomic mass is 10.2. The van der Waals surface area contributed by atoms with E-state index in [9.17, 15) is 4.79 Å². The molecule has 1 aromatic carbocycles. The molecule has 1 amide bonds. The van der Waals surface area contributed by atoms with Crippen molar-refractivity contribution in [3.8, 4) is 0 Å². The number of aromatic nitrogens is 2. The van der Waals surface area contributed by atoms with Crippen LogP contribution >= 0.6 is 27.3 Å². The third-order valence-corrected chi connectivity index (χ3v) is 4.41. The van der Waals surface area contributed by atoms with E-state index in [2.05, 4.69) is 26.3 Å². The van der Waals surface area contributed by atoms with E-state index in [1.54, 1.807) is 34.4 Å². The van der Waals surface area contributed by atoms with Crippen LogP contribution in [0.2, 0.25) is 0 Å². The summed E-state index contributed by atoms with van der Waals surface area (Å²) in [5.74, 6) is 0.502. The normalized spacial score (nSPS) is 11.0. The molecule has 4 nitrogen and oxygen atoms in total. The third kappa shape index (κ3) is 4.40. The molecule has 116 valence electrons. The third-order valence-electron chi connectivity index (χ3n) is 3.18. The van der Waals surface area contributed by atoms with Crippen LogP contribution in [0.25, 0.3) is 6.08 Å². The maximum Gasteiger partial charge on any atom is 0.249 e. The summed E-state index contributed by atoms with van der Waals surface area (Å²) in [7, 11) is 0. The molecule has 0 saturated heterocycles. The molecule has 3 aromatic rings. The number of carbonyl (C=O) groups excluding carboxylic acids is 1. The Morgan fingerprint density at radius 2 is 2.09 bits per heavy atom. The van der Waals surface area contributed by atoms with Gasteiger partial charge >= 0.3 is 0 Å². The zero-order valence-electron chi connectivity index (χ0n) is 12.1. The second-order valence-corrected chi connectivity index (χ2v) is 6.58. The van der Waals surface area contributed by atoms with Crippen molar-refractivity contribution in [2.45, 2.75) is 6.54 Å². The van der Waals surface area contributed by atoms with Gasteiger partial charge in [-0.05, 0) is 46.2 Å². The van der Waals surface area contributed by atoms with Crippen LogP contribution < -0.4 is 5.32 Å². The minimum Gasteiger partial charge on any atom is -0.307 e. The standard InChI is InChI=1S/C17H14BrN3OS/c18-15-4-1-13(2-5-15)11-21-16(7-9-19-21)20-17(22)6-3-14-8-10-23-12-14/h1-10,12H,11H2,(H,20,22)/b6-3+. The molecular weight excluding hydrogens is 374 g/mol.